The molecule has 0 saturated carbocycles. The van der Waals surface area contributed by atoms with Crippen molar-refractivity contribution in [2.24, 2.45) is 0 Å². The van der Waals surface area contributed by atoms with E-state index in [1.807, 2.05) is 0 Å². The van der Waals surface area contributed by atoms with E-state index in [2.05, 4.69) is 0 Å². The molecule has 0 radical (unpaired) electrons. The second-order valence-electron chi connectivity index (χ2n) is 0.575. The van der Waals surface area contributed by atoms with Crippen molar-refractivity contribution < 1.29 is 46.0 Å². The largest absolute Gasteiger partial charge is 0.543 e. The molecule has 0 aromatic heterocycles. The number of hydrogen-bond donors (Lipinski definition) is 0. The zero-order valence-corrected chi connectivity index (χ0v) is 5.59. The summed E-state index contributed by atoms with van der Waals surface area (Å²) in [6, 6.07) is 0. The van der Waals surface area contributed by atoms with Gasteiger partial charge in [0.25, 0.3) is 0 Å². The fourth-order valence-electron chi connectivity index (χ4n) is 0. The average molecular weight is 179 g/mol. The molecule has 0 fully saturated rings. The first-order valence-corrected chi connectivity index (χ1v) is 1.07. The molecule has 0 unspecified atom stereocenters. The fourth-order valence-corrected chi connectivity index (χ4v) is 0. The number of hydrogen-bond acceptors (Lipinski definition) is 4. The number of carboxylic acids is 2. The molecule has 7 heavy (non-hydrogen) atoms. The Morgan fingerprint density at radius 3 is 1.14 bits per heavy atom. The van der Waals surface area contributed by atoms with Crippen LogP contribution in [-0.2, 0) is 35.8 Å². The van der Waals surface area contributed by atoms with E-state index in [0.717, 1.165) is 0 Å². The Kier molecular flexibility index (Phi) is 5.68. The smallest absolute Gasteiger partial charge is 0.0870 e. The van der Waals surface area contributed by atoms with E-state index in [1.165, 1.54) is 0 Å². The topological polar surface area (TPSA) is 80.3 Å². The van der Waals surface area contributed by atoms with Gasteiger partial charge in [0.15, 0.2) is 0 Å². The third kappa shape index (κ3) is 5.82. The summed E-state index contributed by atoms with van der Waals surface area (Å²) in [7, 11) is 0. The molecule has 0 rings (SSSR count). The SMILES string of the molecule is O=C([O-])C(=O)[O-].[Zr]. The first kappa shape index (κ1) is 9.95. The molecule has 0 aliphatic rings. The minimum atomic E-state index is -2.19. The van der Waals surface area contributed by atoms with Gasteiger partial charge in [-0.15, -0.1) is 0 Å². The standard InChI is InChI=1S/C2H2O4.Zr/c3-1(4)2(5)6;/h(H,3,4)(H,5,6);/p-2. The molecule has 0 N–H and O–H groups in total. The van der Waals surface area contributed by atoms with E-state index in [9.17, 15) is 0 Å². The van der Waals surface area contributed by atoms with Gasteiger partial charge < -0.3 is 19.8 Å². The number of rotatable bonds is 0. The van der Waals surface area contributed by atoms with Crippen molar-refractivity contribution in [2.75, 3.05) is 0 Å². The molecule has 0 atom stereocenters. The molecule has 0 bridgehead atoms. The van der Waals surface area contributed by atoms with Crippen LogP contribution < -0.4 is 10.2 Å². The Morgan fingerprint density at radius 2 is 1.14 bits per heavy atom. The van der Waals surface area contributed by atoms with Crippen LogP contribution in [0.1, 0.15) is 0 Å². The summed E-state index contributed by atoms with van der Waals surface area (Å²) in [4.78, 5) is 17.9. The van der Waals surface area contributed by atoms with Crippen LogP contribution in [0.15, 0.2) is 0 Å². The molecule has 0 amide bonds. The van der Waals surface area contributed by atoms with E-state index >= 15 is 0 Å². The van der Waals surface area contributed by atoms with Crippen LogP contribution in [0.25, 0.3) is 0 Å². The predicted octanol–water partition coefficient (Wildman–Crippen LogP) is -3.52. The summed E-state index contributed by atoms with van der Waals surface area (Å²) < 4.78 is 0. The van der Waals surface area contributed by atoms with E-state index in [-0.39, 0.29) is 26.2 Å². The minimum absolute atomic E-state index is 0. The first-order chi connectivity index (χ1) is 2.64. The van der Waals surface area contributed by atoms with Crippen LogP contribution in [0.5, 0.6) is 0 Å². The molecule has 4 nitrogen and oxygen atoms in total. The summed E-state index contributed by atoms with van der Waals surface area (Å²) in [5, 5.41) is 17.9. The summed E-state index contributed by atoms with van der Waals surface area (Å²) in [6.45, 7) is 0. The van der Waals surface area contributed by atoms with E-state index in [0.29, 0.717) is 0 Å². The van der Waals surface area contributed by atoms with Gasteiger partial charge in [0.05, 0.1) is 11.9 Å². The summed E-state index contributed by atoms with van der Waals surface area (Å²) >= 11 is 0. The van der Waals surface area contributed by atoms with Gasteiger partial charge in [-0.3, -0.25) is 0 Å². The molecule has 0 spiro atoms. The predicted molar refractivity (Wildman–Crippen MR) is 10.0 cm³/mol. The maximum Gasteiger partial charge on any atom is 0.0870 e. The normalized spacial score (nSPS) is 6.29. The molecule has 0 aliphatic heterocycles. The van der Waals surface area contributed by atoms with Crippen molar-refractivity contribution in [1.82, 2.24) is 0 Å². The van der Waals surface area contributed by atoms with Gasteiger partial charge in [0.2, 0.25) is 0 Å². The third-order valence-electron chi connectivity index (χ3n) is 0.167. The quantitative estimate of drug-likeness (QED) is 0.361. The second kappa shape index (κ2) is 3.99. The number of carbonyl (C=O) groups is 2. The van der Waals surface area contributed by atoms with Crippen molar-refractivity contribution in [2.45, 2.75) is 0 Å². The van der Waals surface area contributed by atoms with Gasteiger partial charge in [-0.25, -0.2) is 0 Å². The minimum Gasteiger partial charge on any atom is -0.543 e. The molecule has 5 heteroatoms. The van der Waals surface area contributed by atoms with Crippen molar-refractivity contribution in [3.63, 3.8) is 0 Å². The van der Waals surface area contributed by atoms with Crippen molar-refractivity contribution in [3.05, 3.63) is 0 Å². The average Bonchev–Trinajstić information content (AvgIpc) is 1.36. The van der Waals surface area contributed by atoms with Gasteiger partial charge >= 0.3 is 0 Å². The van der Waals surface area contributed by atoms with Gasteiger partial charge in [0, 0.05) is 26.2 Å². The first-order valence-electron chi connectivity index (χ1n) is 1.07. The number of aliphatic carboxylic acids is 2. The fraction of sp³-hybridized carbons (Fsp3) is 0. The Hall–Kier alpha value is -0.177. The Balaban J connectivity index is 0. The van der Waals surface area contributed by atoms with Gasteiger partial charge in [-0.1, -0.05) is 0 Å². The van der Waals surface area contributed by atoms with Crippen molar-refractivity contribution in [3.8, 4) is 0 Å². The second-order valence-corrected chi connectivity index (χ2v) is 0.575. The van der Waals surface area contributed by atoms with Crippen LogP contribution in [0.3, 0.4) is 0 Å². The van der Waals surface area contributed by atoms with Crippen LogP contribution in [0.4, 0.5) is 0 Å². The molecule has 0 aromatic carbocycles. The third-order valence-corrected chi connectivity index (χ3v) is 0.167. The van der Waals surface area contributed by atoms with E-state index in [1.54, 1.807) is 0 Å². The van der Waals surface area contributed by atoms with Crippen LogP contribution in [0.2, 0.25) is 0 Å². The Bertz CT molecular complexity index is 75.7. The maximum absolute atomic E-state index is 8.93. The molecule has 0 aliphatic carbocycles. The number of carbonyl (C=O) groups excluding carboxylic acids is 2. The van der Waals surface area contributed by atoms with Crippen LogP contribution >= 0.6 is 0 Å². The van der Waals surface area contributed by atoms with Crippen LogP contribution in [0, 0.1) is 0 Å². The zero-order chi connectivity index (χ0) is 5.15. The van der Waals surface area contributed by atoms with E-state index < -0.39 is 11.9 Å². The van der Waals surface area contributed by atoms with Crippen molar-refractivity contribution in [1.29, 1.82) is 0 Å². The molecule has 38 valence electrons. The Morgan fingerprint density at radius 1 is 1.00 bits per heavy atom. The molecule has 0 saturated heterocycles. The summed E-state index contributed by atoms with van der Waals surface area (Å²) in [5.41, 5.74) is 0. The van der Waals surface area contributed by atoms with Gasteiger partial charge in [-0.2, -0.15) is 0 Å². The van der Waals surface area contributed by atoms with Crippen molar-refractivity contribution >= 4 is 11.9 Å². The summed E-state index contributed by atoms with van der Waals surface area (Å²) in [5.74, 6) is -4.37. The van der Waals surface area contributed by atoms with Crippen LogP contribution in [-0.4, -0.2) is 11.9 Å². The molecule has 0 aromatic rings. The summed E-state index contributed by atoms with van der Waals surface area (Å²) in [6.07, 6.45) is 0. The molecular weight excluding hydrogens is 179 g/mol. The zero-order valence-electron chi connectivity index (χ0n) is 3.13. The van der Waals surface area contributed by atoms with E-state index in [4.69, 9.17) is 19.8 Å². The Labute approximate surface area is 58.3 Å². The number of carboxylic acid groups (broad SMARTS) is 2. The molecule has 0 heterocycles. The monoisotopic (exact) mass is 178 g/mol. The van der Waals surface area contributed by atoms with Gasteiger partial charge in [-0.05, 0) is 0 Å². The van der Waals surface area contributed by atoms with Gasteiger partial charge in [0.1, 0.15) is 0 Å². The maximum atomic E-state index is 8.93. The molecular formula is C2O4Zr-2.